The van der Waals surface area contributed by atoms with Crippen molar-refractivity contribution in [3.8, 4) is 11.5 Å². The van der Waals surface area contributed by atoms with Crippen molar-refractivity contribution in [2.24, 2.45) is 5.10 Å². The number of hydrogen-bond acceptors (Lipinski definition) is 8. The van der Waals surface area contributed by atoms with Crippen LogP contribution < -0.4 is 20.2 Å². The topological polar surface area (TPSA) is 115 Å². The third kappa shape index (κ3) is 6.78. The fourth-order valence-electron chi connectivity index (χ4n) is 4.10. The van der Waals surface area contributed by atoms with E-state index in [1.54, 1.807) is 38.1 Å². The minimum absolute atomic E-state index is 0.102. The lowest BCUT2D eigenvalue weighted by molar-refractivity contribution is -0.136. The highest BCUT2D eigenvalue weighted by atomic mass is 35.5. The van der Waals surface area contributed by atoms with Crippen LogP contribution in [0.2, 0.25) is 5.02 Å². The molecule has 2 aromatic carbocycles. The predicted octanol–water partition coefficient (Wildman–Crippen LogP) is 5.27. The number of aryl methyl sites for hydroxylation is 1. The van der Waals surface area contributed by atoms with Crippen molar-refractivity contribution >= 4 is 51.9 Å². The lowest BCUT2D eigenvalue weighted by Crippen LogP contribution is -2.32. The smallest absolute Gasteiger partial charge is 0.341 e. The minimum Gasteiger partial charge on any atom is -0.490 e. The van der Waals surface area contributed by atoms with Crippen molar-refractivity contribution in [3.05, 3.63) is 74.4 Å². The molecule has 2 N–H and O–H groups in total. The number of esters is 1. The molecule has 0 unspecified atom stereocenters. The Morgan fingerprint density at radius 2 is 1.90 bits per heavy atom. The average molecular weight is 588 g/mol. The van der Waals surface area contributed by atoms with Crippen LogP contribution in [0.4, 0.5) is 9.39 Å². The van der Waals surface area contributed by atoms with Crippen molar-refractivity contribution in [3.63, 3.8) is 0 Å². The Kier molecular flexibility index (Phi) is 9.73. The summed E-state index contributed by atoms with van der Waals surface area (Å²) in [6.45, 7) is 3.94. The Morgan fingerprint density at radius 3 is 2.65 bits per heavy atom. The average Bonchev–Trinajstić information content (AvgIpc) is 3.50. The Balaban J connectivity index is 1.39. The number of carbonyl (C=O) groups excluding carboxylic acids is 3. The monoisotopic (exact) mass is 587 g/mol. The van der Waals surface area contributed by atoms with Gasteiger partial charge in [0.05, 0.1) is 30.0 Å². The van der Waals surface area contributed by atoms with Crippen LogP contribution in [-0.4, -0.2) is 37.2 Å². The molecule has 0 atom stereocenters. The molecule has 0 spiro atoms. The van der Waals surface area contributed by atoms with Crippen LogP contribution in [0.3, 0.4) is 0 Å². The fraction of sp³-hybridized carbons (Fsp3) is 0.286. The van der Waals surface area contributed by atoms with E-state index in [1.165, 1.54) is 29.7 Å². The third-order valence-corrected chi connectivity index (χ3v) is 7.48. The number of nitrogens with zero attached hydrogens (tertiary/aromatic N) is 1. The quantitative estimate of drug-likeness (QED) is 0.144. The van der Waals surface area contributed by atoms with Crippen LogP contribution in [0, 0.1) is 5.82 Å². The van der Waals surface area contributed by atoms with E-state index in [1.807, 2.05) is 0 Å². The van der Waals surface area contributed by atoms with Crippen LogP contribution in [0.5, 0.6) is 11.5 Å². The second-order valence-electron chi connectivity index (χ2n) is 8.56. The summed E-state index contributed by atoms with van der Waals surface area (Å²) in [6.07, 6.45) is 3.78. The molecule has 0 bridgehead atoms. The first-order valence-corrected chi connectivity index (χ1v) is 13.8. The number of anilines is 1. The van der Waals surface area contributed by atoms with Crippen molar-refractivity contribution in [1.82, 2.24) is 5.43 Å². The van der Waals surface area contributed by atoms with Gasteiger partial charge in [0.1, 0.15) is 17.4 Å². The van der Waals surface area contributed by atoms with Crippen LogP contribution in [-0.2, 0) is 33.8 Å². The third-order valence-electron chi connectivity index (χ3n) is 5.92. The number of halogens is 2. The zero-order chi connectivity index (χ0) is 28.6. The molecule has 0 radical (unpaired) electrons. The molecule has 0 saturated heterocycles. The molecule has 4 rings (SSSR count). The number of rotatable bonds is 10. The molecule has 40 heavy (non-hydrogen) atoms. The molecular formula is C28H27ClFN3O6S. The zero-order valence-electron chi connectivity index (χ0n) is 21.8. The fourth-order valence-corrected chi connectivity index (χ4v) is 5.59. The molecule has 0 saturated carbocycles. The number of hydrazone groups is 1. The Morgan fingerprint density at radius 1 is 1.07 bits per heavy atom. The van der Waals surface area contributed by atoms with Gasteiger partial charge < -0.3 is 19.5 Å². The summed E-state index contributed by atoms with van der Waals surface area (Å²) in [4.78, 5) is 38.4. The molecule has 1 aliphatic carbocycles. The van der Waals surface area contributed by atoms with Gasteiger partial charge in [0.2, 0.25) is 0 Å². The van der Waals surface area contributed by atoms with Gasteiger partial charge in [-0.3, -0.25) is 9.59 Å². The lowest BCUT2D eigenvalue weighted by atomic mass is 10.1. The van der Waals surface area contributed by atoms with E-state index in [0.29, 0.717) is 34.2 Å². The summed E-state index contributed by atoms with van der Waals surface area (Å²) < 4.78 is 30.6. The van der Waals surface area contributed by atoms with E-state index in [4.69, 9.17) is 25.8 Å². The first-order chi connectivity index (χ1) is 19.3. The molecule has 9 nitrogen and oxygen atoms in total. The number of ether oxygens (including phenoxy) is 3. The maximum absolute atomic E-state index is 14.1. The molecular weight excluding hydrogens is 561 g/mol. The van der Waals surface area contributed by atoms with Gasteiger partial charge >= 0.3 is 17.8 Å². The van der Waals surface area contributed by atoms with Gasteiger partial charge in [-0.25, -0.2) is 14.6 Å². The number of thiophene rings is 1. The highest BCUT2D eigenvalue weighted by molar-refractivity contribution is 7.17. The normalized spacial score (nSPS) is 12.2. The molecule has 210 valence electrons. The van der Waals surface area contributed by atoms with Crippen LogP contribution in [0.1, 0.15) is 52.2 Å². The Bertz CT molecular complexity index is 1440. The first-order valence-electron chi connectivity index (χ1n) is 12.6. The molecule has 2 amide bonds. The van der Waals surface area contributed by atoms with E-state index in [0.717, 1.165) is 29.7 Å². The Hall–Kier alpha value is -3.96. The molecule has 12 heteroatoms. The van der Waals surface area contributed by atoms with Crippen molar-refractivity contribution in [2.75, 3.05) is 18.5 Å². The maximum Gasteiger partial charge on any atom is 0.341 e. The van der Waals surface area contributed by atoms with E-state index in [9.17, 15) is 18.8 Å². The summed E-state index contributed by atoms with van der Waals surface area (Å²) >= 11 is 7.35. The van der Waals surface area contributed by atoms with Gasteiger partial charge in [0.15, 0.2) is 11.5 Å². The molecule has 0 fully saturated rings. The molecule has 1 aromatic heterocycles. The number of hydrogen-bond donors (Lipinski definition) is 2. The van der Waals surface area contributed by atoms with Gasteiger partial charge in [-0.05, 0) is 74.6 Å². The predicted molar refractivity (Wildman–Crippen MR) is 150 cm³/mol. The molecule has 1 aliphatic rings. The maximum atomic E-state index is 14.1. The van der Waals surface area contributed by atoms with E-state index in [-0.39, 0.29) is 23.8 Å². The summed E-state index contributed by atoms with van der Waals surface area (Å²) in [5.74, 6) is -2.24. The van der Waals surface area contributed by atoms with Crippen LogP contribution >= 0.6 is 22.9 Å². The first kappa shape index (κ1) is 29.0. The highest BCUT2D eigenvalue weighted by Crippen LogP contribution is 2.39. The summed E-state index contributed by atoms with van der Waals surface area (Å²) in [7, 11) is 0. The van der Waals surface area contributed by atoms with E-state index >= 15 is 0 Å². The summed E-state index contributed by atoms with van der Waals surface area (Å²) in [5.41, 5.74) is 4.12. The van der Waals surface area contributed by atoms with Gasteiger partial charge in [-0.2, -0.15) is 5.10 Å². The van der Waals surface area contributed by atoms with Crippen molar-refractivity contribution in [1.29, 1.82) is 0 Å². The summed E-state index contributed by atoms with van der Waals surface area (Å²) in [5, 5.41) is 6.91. The van der Waals surface area contributed by atoms with E-state index < -0.39 is 23.6 Å². The Labute approximate surface area is 239 Å². The largest absolute Gasteiger partial charge is 0.490 e. The second-order valence-corrected chi connectivity index (χ2v) is 10.1. The molecule has 3 aromatic rings. The van der Waals surface area contributed by atoms with E-state index in [2.05, 4.69) is 15.8 Å². The second kappa shape index (κ2) is 13.4. The van der Waals surface area contributed by atoms with Crippen molar-refractivity contribution in [2.45, 2.75) is 39.7 Å². The summed E-state index contributed by atoms with van der Waals surface area (Å²) in [6, 6.07) is 9.27. The zero-order valence-corrected chi connectivity index (χ0v) is 23.4. The van der Waals surface area contributed by atoms with Crippen LogP contribution in [0.25, 0.3) is 0 Å². The molecule has 0 aliphatic heterocycles. The number of nitrogens with one attached hydrogen (secondary N) is 2. The number of amides is 2. The minimum atomic E-state index is -1.01. The van der Waals surface area contributed by atoms with Gasteiger partial charge in [-0.15, -0.1) is 11.3 Å². The number of fused-ring (bicyclic) bond motifs is 1. The molecule has 1 heterocycles. The van der Waals surface area contributed by atoms with Gasteiger partial charge in [0.25, 0.3) is 0 Å². The number of carbonyl (C=O) groups is 3. The standard InChI is InChI=1S/C28H27ClFN3O6S/c1-3-37-22-13-16(11-12-21(22)39-15-18-19(29)8-6-9-20(18)30)14-31-33-26(35)25(34)32-27-24(28(36)38-4-2)17-7-5-10-23(17)40-27/h6,8-9,11-14H,3-5,7,10,15H2,1-2H3,(H,32,34)(H,33,35)/b31-14+. The van der Waals surface area contributed by atoms with Crippen molar-refractivity contribution < 1.29 is 33.0 Å². The van der Waals surface area contributed by atoms with Crippen LogP contribution in [0.15, 0.2) is 41.5 Å². The lowest BCUT2D eigenvalue weighted by Gasteiger charge is -2.13. The van der Waals surface area contributed by atoms with Gasteiger partial charge in [0, 0.05) is 10.4 Å². The number of benzene rings is 2. The van der Waals surface area contributed by atoms with Gasteiger partial charge in [-0.1, -0.05) is 17.7 Å². The SMILES string of the molecule is CCOC(=O)c1c(NC(=O)C(=O)N/N=C/c2ccc(OCc3c(F)cccc3Cl)c(OCC)c2)sc2c1CCC2. The highest BCUT2D eigenvalue weighted by Gasteiger charge is 2.29.